The second-order valence-electron chi connectivity index (χ2n) is 19.5. The average Bonchev–Trinajstić information content (AvgIpc) is 3.35. The molecule has 0 bridgehead atoms. The standard InChI is InChI=1S/C63H110O6/c1-4-7-10-13-16-18-20-22-23-24-25-26-27-28-29-30-31-32-33-34-35-36-37-38-39-41-42-44-47-50-53-56-62(65)68-59-60(58-67-61(64)55-52-49-46-15-12-9-6-3)69-63(66)57-54-51-48-45-43-40-21-19-17-14-11-8-5-2/h7,10,16,18-19,21-23,25-26,28-29,60H,4-6,8-9,11-15,17,20,24,27,30-59H2,1-3H3/b10-7-,18-16-,21-19-,23-22-,26-25-,29-28-. The van der Waals surface area contributed by atoms with Gasteiger partial charge in [0.15, 0.2) is 6.10 Å². The van der Waals surface area contributed by atoms with Gasteiger partial charge in [-0.25, -0.2) is 0 Å². The van der Waals surface area contributed by atoms with Crippen LogP contribution in [0.15, 0.2) is 72.9 Å². The Morgan fingerprint density at radius 2 is 0.565 bits per heavy atom. The first-order valence-electron chi connectivity index (χ1n) is 29.4. The van der Waals surface area contributed by atoms with Crippen LogP contribution in [0.2, 0.25) is 0 Å². The molecule has 0 aliphatic heterocycles. The quantitative estimate of drug-likeness (QED) is 0.0262. The molecule has 0 saturated heterocycles. The van der Waals surface area contributed by atoms with Crippen LogP contribution in [0.1, 0.15) is 290 Å². The van der Waals surface area contributed by atoms with Crippen LogP contribution in [-0.4, -0.2) is 37.2 Å². The third kappa shape index (κ3) is 55.6. The van der Waals surface area contributed by atoms with Crippen LogP contribution >= 0.6 is 0 Å². The molecule has 1 atom stereocenters. The van der Waals surface area contributed by atoms with Crippen LogP contribution in [0, 0.1) is 0 Å². The van der Waals surface area contributed by atoms with E-state index in [9.17, 15) is 14.4 Å². The predicted molar refractivity (Wildman–Crippen MR) is 298 cm³/mol. The highest BCUT2D eigenvalue weighted by atomic mass is 16.6. The molecule has 0 saturated carbocycles. The minimum Gasteiger partial charge on any atom is -0.462 e. The SMILES string of the molecule is CC/C=C\C/C=C\C/C=C\C/C=C\C/C=C\CCCCCCCCCCCCCCCCCC(=O)OCC(COC(=O)CCCCCCCCC)OC(=O)CCCCCCC/C=C\CCCCCC. The number of carbonyl (C=O) groups is 3. The average molecular weight is 964 g/mol. The van der Waals surface area contributed by atoms with E-state index in [0.717, 1.165) is 103 Å². The lowest BCUT2D eigenvalue weighted by atomic mass is 10.0. The van der Waals surface area contributed by atoms with Gasteiger partial charge in [0.2, 0.25) is 0 Å². The van der Waals surface area contributed by atoms with E-state index in [1.807, 2.05) is 0 Å². The Balaban J connectivity index is 4.03. The number of carbonyl (C=O) groups excluding carboxylic acids is 3. The molecule has 0 N–H and O–H groups in total. The van der Waals surface area contributed by atoms with Gasteiger partial charge in [-0.15, -0.1) is 0 Å². The fraction of sp³-hybridized carbons (Fsp3) is 0.762. The zero-order valence-electron chi connectivity index (χ0n) is 45.6. The molecule has 0 fully saturated rings. The molecule has 0 heterocycles. The third-order valence-corrected chi connectivity index (χ3v) is 12.7. The molecule has 0 aliphatic carbocycles. The van der Waals surface area contributed by atoms with Crippen LogP contribution in [0.3, 0.4) is 0 Å². The van der Waals surface area contributed by atoms with Gasteiger partial charge in [-0.3, -0.25) is 14.4 Å². The maximum Gasteiger partial charge on any atom is 0.306 e. The maximum absolute atomic E-state index is 12.8. The monoisotopic (exact) mass is 963 g/mol. The number of esters is 3. The molecule has 0 amide bonds. The summed E-state index contributed by atoms with van der Waals surface area (Å²) in [6.07, 6.45) is 73.6. The summed E-state index contributed by atoms with van der Waals surface area (Å²) in [7, 11) is 0. The van der Waals surface area contributed by atoms with Crippen LogP contribution in [-0.2, 0) is 28.6 Å². The van der Waals surface area contributed by atoms with Gasteiger partial charge in [0.1, 0.15) is 13.2 Å². The van der Waals surface area contributed by atoms with E-state index in [1.54, 1.807) is 0 Å². The minimum atomic E-state index is -0.774. The minimum absolute atomic E-state index is 0.0754. The Bertz CT molecular complexity index is 1290. The zero-order valence-corrected chi connectivity index (χ0v) is 45.6. The van der Waals surface area contributed by atoms with E-state index < -0.39 is 6.10 Å². The van der Waals surface area contributed by atoms with Gasteiger partial charge in [-0.05, 0) is 89.9 Å². The molecule has 0 aromatic rings. The molecular weight excluding hydrogens is 853 g/mol. The van der Waals surface area contributed by atoms with Crippen molar-refractivity contribution in [3.63, 3.8) is 0 Å². The van der Waals surface area contributed by atoms with Gasteiger partial charge >= 0.3 is 17.9 Å². The topological polar surface area (TPSA) is 78.9 Å². The van der Waals surface area contributed by atoms with E-state index >= 15 is 0 Å². The highest BCUT2D eigenvalue weighted by Gasteiger charge is 2.19. The lowest BCUT2D eigenvalue weighted by Gasteiger charge is -2.18. The molecule has 398 valence electrons. The summed E-state index contributed by atoms with van der Waals surface area (Å²) in [4.78, 5) is 37.9. The summed E-state index contributed by atoms with van der Waals surface area (Å²) in [5.41, 5.74) is 0. The first kappa shape index (κ1) is 65.8. The maximum atomic E-state index is 12.8. The fourth-order valence-corrected chi connectivity index (χ4v) is 8.29. The fourth-order valence-electron chi connectivity index (χ4n) is 8.29. The van der Waals surface area contributed by atoms with Gasteiger partial charge in [0, 0.05) is 19.3 Å². The largest absolute Gasteiger partial charge is 0.462 e. The summed E-state index contributed by atoms with van der Waals surface area (Å²) >= 11 is 0. The molecule has 0 aromatic heterocycles. The number of unbranched alkanes of at least 4 members (excludes halogenated alkanes) is 30. The highest BCUT2D eigenvalue weighted by Crippen LogP contribution is 2.16. The molecule has 0 aromatic carbocycles. The lowest BCUT2D eigenvalue weighted by Crippen LogP contribution is -2.30. The van der Waals surface area contributed by atoms with E-state index in [-0.39, 0.29) is 31.1 Å². The third-order valence-electron chi connectivity index (χ3n) is 12.7. The molecule has 6 nitrogen and oxygen atoms in total. The molecular formula is C63H110O6. The smallest absolute Gasteiger partial charge is 0.306 e. The van der Waals surface area contributed by atoms with Crippen LogP contribution < -0.4 is 0 Å². The van der Waals surface area contributed by atoms with Gasteiger partial charge in [-0.2, -0.15) is 0 Å². The normalized spacial score (nSPS) is 12.6. The predicted octanol–water partition coefficient (Wildman–Crippen LogP) is 19.8. The van der Waals surface area contributed by atoms with Crippen molar-refractivity contribution in [2.75, 3.05) is 13.2 Å². The first-order valence-corrected chi connectivity index (χ1v) is 29.4. The summed E-state index contributed by atoms with van der Waals surface area (Å²) in [5.74, 6) is -0.883. The number of hydrogen-bond acceptors (Lipinski definition) is 6. The van der Waals surface area contributed by atoms with Crippen molar-refractivity contribution in [2.45, 2.75) is 297 Å². The lowest BCUT2D eigenvalue weighted by molar-refractivity contribution is -0.167. The molecule has 0 rings (SSSR count). The van der Waals surface area contributed by atoms with Crippen molar-refractivity contribution < 1.29 is 28.6 Å². The number of hydrogen-bond donors (Lipinski definition) is 0. The van der Waals surface area contributed by atoms with Crippen LogP contribution in [0.4, 0.5) is 0 Å². The van der Waals surface area contributed by atoms with Crippen molar-refractivity contribution in [3.8, 4) is 0 Å². The second-order valence-corrected chi connectivity index (χ2v) is 19.5. The second kappa shape index (κ2) is 57.4. The molecule has 1 unspecified atom stereocenters. The summed E-state index contributed by atoms with van der Waals surface area (Å²) in [6, 6.07) is 0. The number of rotatable bonds is 53. The van der Waals surface area contributed by atoms with Crippen molar-refractivity contribution in [1.29, 1.82) is 0 Å². The highest BCUT2D eigenvalue weighted by molar-refractivity contribution is 5.71. The summed E-state index contributed by atoms with van der Waals surface area (Å²) in [5, 5.41) is 0. The Hall–Kier alpha value is -3.15. The molecule has 69 heavy (non-hydrogen) atoms. The van der Waals surface area contributed by atoms with Crippen molar-refractivity contribution in [3.05, 3.63) is 72.9 Å². The van der Waals surface area contributed by atoms with Crippen LogP contribution in [0.5, 0.6) is 0 Å². The van der Waals surface area contributed by atoms with E-state index in [4.69, 9.17) is 14.2 Å². The van der Waals surface area contributed by atoms with Gasteiger partial charge < -0.3 is 14.2 Å². The van der Waals surface area contributed by atoms with E-state index in [2.05, 4.69) is 93.7 Å². The van der Waals surface area contributed by atoms with E-state index in [1.165, 1.54) is 148 Å². The molecule has 6 heteroatoms. The van der Waals surface area contributed by atoms with Gasteiger partial charge in [0.05, 0.1) is 0 Å². The van der Waals surface area contributed by atoms with Crippen LogP contribution in [0.25, 0.3) is 0 Å². The Morgan fingerprint density at radius 3 is 0.913 bits per heavy atom. The number of ether oxygens (including phenoxy) is 3. The van der Waals surface area contributed by atoms with Crippen molar-refractivity contribution in [2.24, 2.45) is 0 Å². The Morgan fingerprint density at radius 1 is 0.304 bits per heavy atom. The molecule has 0 radical (unpaired) electrons. The Labute approximate surface area is 427 Å². The van der Waals surface area contributed by atoms with Crippen molar-refractivity contribution in [1.82, 2.24) is 0 Å². The van der Waals surface area contributed by atoms with Crippen molar-refractivity contribution >= 4 is 17.9 Å². The molecule has 0 spiro atoms. The Kier molecular flexibility index (Phi) is 54.8. The molecule has 0 aliphatic rings. The van der Waals surface area contributed by atoms with Gasteiger partial charge in [0.25, 0.3) is 0 Å². The summed E-state index contributed by atoms with van der Waals surface area (Å²) < 4.78 is 16.8. The summed E-state index contributed by atoms with van der Waals surface area (Å²) in [6.45, 7) is 6.48. The van der Waals surface area contributed by atoms with Gasteiger partial charge in [-0.1, -0.05) is 254 Å². The first-order chi connectivity index (χ1) is 34.0. The zero-order chi connectivity index (χ0) is 50.0. The number of allylic oxidation sites excluding steroid dienone is 12. The van der Waals surface area contributed by atoms with E-state index in [0.29, 0.717) is 19.3 Å².